The van der Waals surface area contributed by atoms with Crippen LogP contribution < -0.4 is 10.2 Å². The maximum absolute atomic E-state index is 13.0. The van der Waals surface area contributed by atoms with E-state index in [1.165, 1.54) is 40.0 Å². The second kappa shape index (κ2) is 5.47. The fraction of sp³-hybridized carbons (Fsp3) is 0.267. The number of hydrogen-bond acceptors (Lipinski definition) is 4. The molecule has 23 heavy (non-hydrogen) atoms. The summed E-state index contributed by atoms with van der Waals surface area (Å²) >= 11 is 0. The highest BCUT2D eigenvalue weighted by molar-refractivity contribution is 6.19. The Morgan fingerprint density at radius 1 is 1.39 bits per heavy atom. The van der Waals surface area contributed by atoms with Crippen molar-refractivity contribution in [3.8, 4) is 0 Å². The molecule has 0 spiro atoms. The maximum atomic E-state index is 13.0. The Bertz CT molecular complexity index is 758. The van der Waals surface area contributed by atoms with Crippen molar-refractivity contribution in [1.29, 1.82) is 0 Å². The summed E-state index contributed by atoms with van der Waals surface area (Å²) in [7, 11) is 1.68. The number of amides is 2. The highest BCUT2D eigenvalue weighted by atomic mass is 19.1. The lowest BCUT2D eigenvalue weighted by Crippen LogP contribution is -2.49. The summed E-state index contributed by atoms with van der Waals surface area (Å²) in [6, 6.07) is 5.29. The van der Waals surface area contributed by atoms with Gasteiger partial charge in [0.25, 0.3) is 11.8 Å². The van der Waals surface area contributed by atoms with Crippen LogP contribution in [-0.4, -0.2) is 38.8 Å². The summed E-state index contributed by atoms with van der Waals surface area (Å²) < 4.78 is 14.5. The first-order valence-electron chi connectivity index (χ1n) is 7.00. The molecule has 0 bridgehead atoms. The van der Waals surface area contributed by atoms with Gasteiger partial charge >= 0.3 is 0 Å². The molecule has 0 saturated carbocycles. The number of benzene rings is 1. The second-order valence-electron chi connectivity index (χ2n) is 5.40. The van der Waals surface area contributed by atoms with Gasteiger partial charge < -0.3 is 15.3 Å². The minimum absolute atomic E-state index is 0.0463. The van der Waals surface area contributed by atoms with Gasteiger partial charge in [-0.1, -0.05) is 0 Å². The molecule has 1 fully saturated rings. The van der Waals surface area contributed by atoms with Crippen LogP contribution in [0.15, 0.2) is 36.7 Å². The molecule has 1 aromatic carbocycles. The number of hydrogen-bond donors (Lipinski definition) is 2. The Balaban J connectivity index is 1.78. The first kappa shape index (κ1) is 15.2. The van der Waals surface area contributed by atoms with Gasteiger partial charge in [-0.15, -0.1) is 0 Å². The van der Waals surface area contributed by atoms with Crippen LogP contribution in [0, 0.1) is 5.82 Å². The lowest BCUT2D eigenvalue weighted by molar-refractivity contribution is -0.145. The van der Waals surface area contributed by atoms with Crippen molar-refractivity contribution < 1.29 is 19.1 Å². The molecule has 1 unspecified atom stereocenters. The van der Waals surface area contributed by atoms with Crippen LogP contribution >= 0.6 is 0 Å². The van der Waals surface area contributed by atoms with Gasteiger partial charge in [0.05, 0.1) is 11.9 Å². The molecule has 2 aromatic rings. The van der Waals surface area contributed by atoms with Crippen LogP contribution in [0.2, 0.25) is 0 Å². The van der Waals surface area contributed by atoms with Crippen LogP contribution in [0.4, 0.5) is 15.8 Å². The standard InChI is InChI=1S/C15H15FN4O3/c1-19-9-11(8-17-19)18-13(21)15(23)6-7-20(14(15)22)12-4-2-10(16)3-5-12/h2-5,8-9,23H,6-7H2,1H3,(H,18,21). The minimum atomic E-state index is -2.15. The second-order valence-corrected chi connectivity index (χ2v) is 5.40. The predicted octanol–water partition coefficient (Wildman–Crippen LogP) is 0.666. The van der Waals surface area contributed by atoms with Crippen molar-refractivity contribution in [2.45, 2.75) is 12.0 Å². The first-order valence-corrected chi connectivity index (χ1v) is 7.00. The Hall–Kier alpha value is -2.74. The zero-order chi connectivity index (χ0) is 16.6. The van der Waals surface area contributed by atoms with Gasteiger partial charge in [-0.2, -0.15) is 5.10 Å². The summed E-state index contributed by atoms with van der Waals surface area (Å²) in [6.07, 6.45) is 2.92. The third kappa shape index (κ3) is 2.68. The number of anilines is 2. The summed E-state index contributed by atoms with van der Waals surface area (Å²) in [6.45, 7) is 0.168. The number of aliphatic hydroxyl groups is 1. The molecule has 7 nitrogen and oxygen atoms in total. The molecule has 8 heteroatoms. The predicted molar refractivity (Wildman–Crippen MR) is 80.2 cm³/mol. The Morgan fingerprint density at radius 2 is 2.09 bits per heavy atom. The molecule has 1 aliphatic rings. The maximum Gasteiger partial charge on any atom is 0.268 e. The minimum Gasteiger partial charge on any atom is -0.372 e. The molecule has 120 valence electrons. The molecule has 1 atom stereocenters. The first-order chi connectivity index (χ1) is 10.9. The molecule has 2 amide bonds. The van der Waals surface area contributed by atoms with Gasteiger partial charge in [-0.05, 0) is 24.3 Å². The van der Waals surface area contributed by atoms with E-state index in [1.54, 1.807) is 13.2 Å². The highest BCUT2D eigenvalue weighted by Crippen LogP contribution is 2.29. The third-order valence-corrected chi connectivity index (χ3v) is 3.77. The van der Waals surface area contributed by atoms with E-state index in [2.05, 4.69) is 10.4 Å². The third-order valence-electron chi connectivity index (χ3n) is 3.77. The molecule has 3 rings (SSSR count). The normalized spacial score (nSPS) is 20.8. The van der Waals surface area contributed by atoms with Crippen molar-refractivity contribution in [3.63, 3.8) is 0 Å². The number of aryl methyl sites for hydroxylation is 1. The smallest absolute Gasteiger partial charge is 0.268 e. The van der Waals surface area contributed by atoms with E-state index in [0.717, 1.165) is 0 Å². The van der Waals surface area contributed by atoms with Crippen LogP contribution in [0.1, 0.15) is 6.42 Å². The molecular weight excluding hydrogens is 303 g/mol. The number of aromatic nitrogens is 2. The van der Waals surface area contributed by atoms with Crippen molar-refractivity contribution in [2.24, 2.45) is 7.05 Å². The fourth-order valence-electron chi connectivity index (χ4n) is 2.50. The van der Waals surface area contributed by atoms with Crippen molar-refractivity contribution >= 4 is 23.2 Å². The van der Waals surface area contributed by atoms with E-state index in [-0.39, 0.29) is 13.0 Å². The number of nitrogens with one attached hydrogen (secondary N) is 1. The van der Waals surface area contributed by atoms with E-state index >= 15 is 0 Å². The van der Waals surface area contributed by atoms with Gasteiger partial charge in [0, 0.05) is 31.9 Å². The molecule has 2 heterocycles. The van der Waals surface area contributed by atoms with E-state index in [4.69, 9.17) is 0 Å². The van der Waals surface area contributed by atoms with Crippen molar-refractivity contribution in [2.75, 3.05) is 16.8 Å². The van der Waals surface area contributed by atoms with Gasteiger partial charge in [-0.25, -0.2) is 4.39 Å². The number of rotatable bonds is 3. The van der Waals surface area contributed by atoms with Crippen LogP contribution in [0.25, 0.3) is 0 Å². The zero-order valence-electron chi connectivity index (χ0n) is 12.4. The molecule has 0 radical (unpaired) electrons. The summed E-state index contributed by atoms with van der Waals surface area (Å²) in [5.74, 6) is -1.96. The van der Waals surface area contributed by atoms with Gasteiger partial charge in [-0.3, -0.25) is 14.3 Å². The number of carbonyl (C=O) groups is 2. The topological polar surface area (TPSA) is 87.5 Å². The monoisotopic (exact) mass is 318 g/mol. The SMILES string of the molecule is Cn1cc(NC(=O)C2(O)CCN(c3ccc(F)cc3)C2=O)cn1. The van der Waals surface area contributed by atoms with E-state index in [9.17, 15) is 19.1 Å². The Morgan fingerprint density at radius 3 is 2.70 bits per heavy atom. The van der Waals surface area contributed by atoms with E-state index < -0.39 is 23.2 Å². The summed E-state index contributed by atoms with van der Waals surface area (Å²) in [4.78, 5) is 26.0. The van der Waals surface area contributed by atoms with Crippen molar-refractivity contribution in [1.82, 2.24) is 9.78 Å². The number of halogens is 1. The zero-order valence-corrected chi connectivity index (χ0v) is 12.4. The lowest BCUT2D eigenvalue weighted by Gasteiger charge is -2.21. The average molecular weight is 318 g/mol. The molecule has 1 saturated heterocycles. The molecular formula is C15H15FN4O3. The Labute approximate surface area is 131 Å². The largest absolute Gasteiger partial charge is 0.372 e. The molecule has 0 aliphatic carbocycles. The van der Waals surface area contributed by atoms with Gasteiger partial charge in [0.1, 0.15) is 5.82 Å². The van der Waals surface area contributed by atoms with Gasteiger partial charge in [0.2, 0.25) is 5.60 Å². The highest BCUT2D eigenvalue weighted by Gasteiger charge is 2.51. The van der Waals surface area contributed by atoms with Crippen molar-refractivity contribution in [3.05, 3.63) is 42.5 Å². The quantitative estimate of drug-likeness (QED) is 0.814. The summed E-state index contributed by atoms with van der Waals surface area (Å²) in [5, 5.41) is 16.9. The van der Waals surface area contributed by atoms with E-state index in [0.29, 0.717) is 11.4 Å². The van der Waals surface area contributed by atoms with Crippen LogP contribution in [-0.2, 0) is 16.6 Å². The average Bonchev–Trinajstić information content (AvgIpc) is 3.06. The summed E-state index contributed by atoms with van der Waals surface area (Å²) in [5.41, 5.74) is -1.33. The number of carbonyl (C=O) groups excluding carboxylic acids is 2. The molecule has 1 aliphatic heterocycles. The fourth-order valence-corrected chi connectivity index (χ4v) is 2.50. The molecule has 1 aromatic heterocycles. The van der Waals surface area contributed by atoms with E-state index in [1.807, 2.05) is 0 Å². The van der Waals surface area contributed by atoms with Crippen LogP contribution in [0.3, 0.4) is 0 Å². The number of nitrogens with zero attached hydrogens (tertiary/aromatic N) is 3. The van der Waals surface area contributed by atoms with Crippen LogP contribution in [0.5, 0.6) is 0 Å². The van der Waals surface area contributed by atoms with Gasteiger partial charge in [0.15, 0.2) is 0 Å². The molecule has 2 N–H and O–H groups in total. The lowest BCUT2D eigenvalue weighted by atomic mass is 10.0. The Kier molecular flexibility index (Phi) is 3.61.